The van der Waals surface area contributed by atoms with Gasteiger partial charge in [-0.2, -0.15) is 0 Å². The molecule has 0 saturated heterocycles. The fraction of sp³-hybridized carbons (Fsp3) is 0.421. The van der Waals surface area contributed by atoms with Gasteiger partial charge in [-0.15, -0.1) is 11.3 Å². The molecule has 1 atom stereocenters. The summed E-state index contributed by atoms with van der Waals surface area (Å²) in [5.41, 5.74) is 1.34. The highest BCUT2D eigenvalue weighted by atomic mass is 32.1. The summed E-state index contributed by atoms with van der Waals surface area (Å²) >= 11 is 1.37. The number of fused-ring (bicyclic) bond motifs is 1. The Morgan fingerprint density at radius 1 is 1.45 bits per heavy atom. The number of nitrogens with one attached hydrogen (secondary N) is 1. The van der Waals surface area contributed by atoms with Crippen molar-refractivity contribution in [3.63, 3.8) is 0 Å². The van der Waals surface area contributed by atoms with Gasteiger partial charge in [0.2, 0.25) is 5.75 Å². The van der Waals surface area contributed by atoms with Gasteiger partial charge in [0, 0.05) is 4.88 Å². The molecule has 1 N–H and O–H groups in total. The summed E-state index contributed by atoms with van der Waals surface area (Å²) in [6.45, 7) is 3.67. The van der Waals surface area contributed by atoms with Crippen LogP contribution in [0.3, 0.4) is 0 Å². The SMILES string of the molecule is CCOC(=O)c1c(NC(=O)COc2cccnc2[N+](=O)[O-])sc2c1CCC(C)C2. The van der Waals surface area contributed by atoms with Gasteiger partial charge in [0.15, 0.2) is 6.61 Å². The van der Waals surface area contributed by atoms with E-state index in [-0.39, 0.29) is 12.4 Å². The fourth-order valence-electron chi connectivity index (χ4n) is 3.20. The smallest absolute Gasteiger partial charge is 0.406 e. The number of hydrogen-bond donors (Lipinski definition) is 1. The number of amides is 1. The minimum atomic E-state index is -0.680. The molecule has 0 spiro atoms. The number of rotatable bonds is 7. The second-order valence-corrected chi connectivity index (χ2v) is 7.80. The van der Waals surface area contributed by atoms with Gasteiger partial charge in [-0.3, -0.25) is 4.79 Å². The summed E-state index contributed by atoms with van der Waals surface area (Å²) in [5, 5.41) is 14.1. The Kier molecular flexibility index (Phi) is 6.42. The molecule has 154 valence electrons. The third-order valence-electron chi connectivity index (χ3n) is 4.53. The lowest BCUT2D eigenvalue weighted by Gasteiger charge is -2.18. The van der Waals surface area contributed by atoms with E-state index in [1.165, 1.54) is 29.7 Å². The highest BCUT2D eigenvalue weighted by molar-refractivity contribution is 7.17. The molecule has 2 aromatic rings. The average molecular weight is 419 g/mol. The Morgan fingerprint density at radius 2 is 2.24 bits per heavy atom. The number of aromatic nitrogens is 1. The third-order valence-corrected chi connectivity index (χ3v) is 5.70. The maximum absolute atomic E-state index is 12.5. The molecular formula is C19H21N3O6S. The Morgan fingerprint density at radius 3 is 2.97 bits per heavy atom. The molecular weight excluding hydrogens is 398 g/mol. The molecule has 2 aromatic heterocycles. The fourth-order valence-corrected chi connectivity index (χ4v) is 4.61. The molecule has 29 heavy (non-hydrogen) atoms. The van der Waals surface area contributed by atoms with Crippen molar-refractivity contribution in [3.05, 3.63) is 44.4 Å². The van der Waals surface area contributed by atoms with Crippen molar-refractivity contribution < 1.29 is 24.0 Å². The van der Waals surface area contributed by atoms with E-state index in [1.807, 2.05) is 0 Å². The number of nitrogens with zero attached hydrogens (tertiary/aromatic N) is 2. The number of hydrogen-bond acceptors (Lipinski definition) is 8. The average Bonchev–Trinajstić information content (AvgIpc) is 3.03. The second-order valence-electron chi connectivity index (χ2n) is 6.70. The van der Waals surface area contributed by atoms with E-state index in [4.69, 9.17) is 9.47 Å². The van der Waals surface area contributed by atoms with Crippen molar-refractivity contribution in [2.24, 2.45) is 5.92 Å². The quantitative estimate of drug-likeness (QED) is 0.415. The first-order chi connectivity index (χ1) is 13.9. The van der Waals surface area contributed by atoms with Gasteiger partial charge < -0.3 is 24.9 Å². The van der Waals surface area contributed by atoms with Crippen LogP contribution >= 0.6 is 11.3 Å². The van der Waals surface area contributed by atoms with Crippen LogP contribution in [0.15, 0.2) is 18.3 Å². The Labute approximate surface area is 171 Å². The molecule has 2 heterocycles. The number of thiophene rings is 1. The first-order valence-corrected chi connectivity index (χ1v) is 10.1. The number of carbonyl (C=O) groups is 2. The van der Waals surface area contributed by atoms with Crippen molar-refractivity contribution in [1.82, 2.24) is 4.98 Å². The highest BCUT2D eigenvalue weighted by Gasteiger charge is 2.29. The van der Waals surface area contributed by atoms with E-state index in [9.17, 15) is 19.7 Å². The van der Waals surface area contributed by atoms with Crippen molar-refractivity contribution in [3.8, 4) is 5.75 Å². The molecule has 10 heteroatoms. The van der Waals surface area contributed by atoms with Crippen LogP contribution in [0.2, 0.25) is 0 Å². The Hall–Kier alpha value is -3.01. The van der Waals surface area contributed by atoms with Crippen LogP contribution in [0, 0.1) is 16.0 Å². The van der Waals surface area contributed by atoms with E-state index in [0.717, 1.165) is 29.7 Å². The molecule has 3 rings (SSSR count). The summed E-state index contributed by atoms with van der Waals surface area (Å²) in [7, 11) is 0. The van der Waals surface area contributed by atoms with Crippen molar-refractivity contribution >= 4 is 34.0 Å². The molecule has 0 saturated carbocycles. The predicted octanol–water partition coefficient (Wildman–Crippen LogP) is 3.37. The zero-order valence-electron chi connectivity index (χ0n) is 16.1. The highest BCUT2D eigenvalue weighted by Crippen LogP contribution is 2.40. The summed E-state index contributed by atoms with van der Waals surface area (Å²) in [5.74, 6) is -1.04. The minimum Gasteiger partial charge on any atom is -0.476 e. The summed E-state index contributed by atoms with van der Waals surface area (Å²) < 4.78 is 10.4. The van der Waals surface area contributed by atoms with E-state index in [0.29, 0.717) is 16.5 Å². The lowest BCUT2D eigenvalue weighted by Crippen LogP contribution is -2.22. The van der Waals surface area contributed by atoms with Crippen LogP contribution in [-0.4, -0.2) is 35.0 Å². The molecule has 0 aliphatic heterocycles. The molecule has 1 amide bonds. The van der Waals surface area contributed by atoms with Gasteiger partial charge in [0.05, 0.1) is 12.2 Å². The van der Waals surface area contributed by atoms with Crippen LogP contribution in [0.4, 0.5) is 10.8 Å². The van der Waals surface area contributed by atoms with Crippen LogP contribution in [-0.2, 0) is 22.4 Å². The third kappa shape index (κ3) is 4.70. The molecule has 0 radical (unpaired) electrons. The normalized spacial score (nSPS) is 15.3. The maximum atomic E-state index is 12.5. The van der Waals surface area contributed by atoms with Crippen LogP contribution in [0.1, 0.15) is 41.1 Å². The minimum absolute atomic E-state index is 0.0995. The van der Waals surface area contributed by atoms with Gasteiger partial charge in [-0.05, 0) is 59.7 Å². The number of ether oxygens (including phenoxy) is 2. The molecule has 1 unspecified atom stereocenters. The summed E-state index contributed by atoms with van der Waals surface area (Å²) in [6.07, 6.45) is 3.85. The van der Waals surface area contributed by atoms with Crippen LogP contribution < -0.4 is 10.1 Å². The largest absolute Gasteiger partial charge is 0.476 e. The topological polar surface area (TPSA) is 121 Å². The lowest BCUT2D eigenvalue weighted by atomic mass is 9.88. The van der Waals surface area contributed by atoms with E-state index < -0.39 is 29.2 Å². The Balaban J connectivity index is 1.76. The molecule has 0 bridgehead atoms. The van der Waals surface area contributed by atoms with Gasteiger partial charge in [0.25, 0.3) is 5.91 Å². The Bertz CT molecular complexity index is 942. The summed E-state index contributed by atoms with van der Waals surface area (Å²) in [4.78, 5) is 39.9. The van der Waals surface area contributed by atoms with E-state index >= 15 is 0 Å². The molecule has 0 aromatic carbocycles. The zero-order chi connectivity index (χ0) is 21.0. The van der Waals surface area contributed by atoms with Gasteiger partial charge >= 0.3 is 11.8 Å². The monoisotopic (exact) mass is 419 g/mol. The predicted molar refractivity (Wildman–Crippen MR) is 106 cm³/mol. The second kappa shape index (κ2) is 8.99. The van der Waals surface area contributed by atoms with Gasteiger partial charge in [0.1, 0.15) is 11.2 Å². The standard InChI is InChI=1S/C19H21N3O6S/c1-3-27-19(24)16-12-7-6-11(2)9-14(12)29-18(16)21-15(23)10-28-13-5-4-8-20-17(13)22(25)26/h4-5,8,11H,3,6-7,9-10H2,1-2H3,(H,21,23). The van der Waals surface area contributed by atoms with E-state index in [1.54, 1.807) is 6.92 Å². The first kappa shape index (κ1) is 20.7. The first-order valence-electron chi connectivity index (χ1n) is 9.24. The number of esters is 1. The van der Waals surface area contributed by atoms with E-state index in [2.05, 4.69) is 17.2 Å². The lowest BCUT2D eigenvalue weighted by molar-refractivity contribution is -0.390. The maximum Gasteiger partial charge on any atom is 0.406 e. The number of pyridine rings is 1. The van der Waals surface area contributed by atoms with Crippen molar-refractivity contribution in [1.29, 1.82) is 0 Å². The summed E-state index contributed by atoms with van der Waals surface area (Å²) in [6, 6.07) is 2.85. The zero-order valence-corrected chi connectivity index (χ0v) is 16.9. The van der Waals surface area contributed by atoms with Crippen LogP contribution in [0.5, 0.6) is 5.75 Å². The van der Waals surface area contributed by atoms with Gasteiger partial charge in [-0.25, -0.2) is 4.79 Å². The number of nitro groups is 1. The number of carbonyl (C=O) groups excluding carboxylic acids is 2. The van der Waals surface area contributed by atoms with Gasteiger partial charge in [-0.1, -0.05) is 6.92 Å². The van der Waals surface area contributed by atoms with Crippen LogP contribution in [0.25, 0.3) is 0 Å². The molecule has 1 aliphatic carbocycles. The molecule has 1 aliphatic rings. The van der Waals surface area contributed by atoms with Crippen molar-refractivity contribution in [2.75, 3.05) is 18.5 Å². The van der Waals surface area contributed by atoms with Crippen molar-refractivity contribution in [2.45, 2.75) is 33.1 Å². The molecule has 9 nitrogen and oxygen atoms in total. The molecule has 0 fully saturated rings. The number of anilines is 1.